The van der Waals surface area contributed by atoms with Gasteiger partial charge in [0.05, 0.1) is 11.7 Å². The molecule has 0 saturated heterocycles. The number of nitrogens with zero attached hydrogens (tertiary/aromatic N) is 2. The van der Waals surface area contributed by atoms with E-state index in [9.17, 15) is 0 Å². The molecule has 3 heteroatoms. The van der Waals surface area contributed by atoms with E-state index in [2.05, 4.69) is 32.4 Å². The maximum Gasteiger partial charge on any atom is 0.0628 e. The van der Waals surface area contributed by atoms with Gasteiger partial charge in [-0.2, -0.15) is 5.10 Å². The van der Waals surface area contributed by atoms with Crippen molar-refractivity contribution in [3.63, 3.8) is 0 Å². The molecule has 0 amide bonds. The number of nitrogens with two attached hydrogens (primary N) is 1. The summed E-state index contributed by atoms with van der Waals surface area (Å²) < 4.78 is 2.24. The maximum atomic E-state index is 5.72. The lowest BCUT2D eigenvalue weighted by Crippen LogP contribution is -2.14. The molecule has 0 spiro atoms. The average Bonchev–Trinajstić information content (AvgIpc) is 3.11. The molecule has 3 nitrogen and oxygen atoms in total. The number of hydrogen-bond acceptors (Lipinski definition) is 2. The number of rotatable bonds is 5. The monoisotopic (exact) mass is 235 g/mol. The van der Waals surface area contributed by atoms with E-state index in [1.54, 1.807) is 0 Å². The fraction of sp³-hybridized carbons (Fsp3) is 0.786. The molecule has 1 heterocycles. The third-order valence-corrected chi connectivity index (χ3v) is 4.12. The van der Waals surface area contributed by atoms with Crippen LogP contribution in [0.2, 0.25) is 0 Å². The molecule has 1 aliphatic carbocycles. The van der Waals surface area contributed by atoms with Gasteiger partial charge in [-0.15, -0.1) is 0 Å². The van der Waals surface area contributed by atoms with E-state index in [1.807, 2.05) is 0 Å². The zero-order valence-electron chi connectivity index (χ0n) is 11.5. The zero-order valence-corrected chi connectivity index (χ0v) is 11.5. The zero-order chi connectivity index (χ0) is 12.6. The van der Waals surface area contributed by atoms with Gasteiger partial charge in [0.15, 0.2) is 0 Å². The normalized spacial score (nSPS) is 19.4. The van der Waals surface area contributed by atoms with Gasteiger partial charge in [0.2, 0.25) is 0 Å². The summed E-state index contributed by atoms with van der Waals surface area (Å²) in [6.45, 7) is 9.59. The first-order valence-electron chi connectivity index (χ1n) is 6.79. The van der Waals surface area contributed by atoms with Gasteiger partial charge in [-0.1, -0.05) is 6.92 Å². The summed E-state index contributed by atoms with van der Waals surface area (Å²) in [5.41, 5.74) is 9.67. The van der Waals surface area contributed by atoms with Gasteiger partial charge >= 0.3 is 0 Å². The number of aromatic nitrogens is 2. The van der Waals surface area contributed by atoms with Gasteiger partial charge in [0.1, 0.15) is 0 Å². The SMILES string of the molecule is Cc1nn(C(C)C2CC2)c(C)c1CC(C)CN. The third kappa shape index (κ3) is 2.54. The number of aryl methyl sites for hydroxylation is 1. The van der Waals surface area contributed by atoms with E-state index in [4.69, 9.17) is 10.8 Å². The smallest absolute Gasteiger partial charge is 0.0628 e. The first-order valence-corrected chi connectivity index (χ1v) is 6.79. The summed E-state index contributed by atoms with van der Waals surface area (Å²) in [5, 5.41) is 4.73. The molecule has 2 atom stereocenters. The van der Waals surface area contributed by atoms with Crippen molar-refractivity contribution in [2.24, 2.45) is 17.6 Å². The van der Waals surface area contributed by atoms with Crippen LogP contribution in [-0.2, 0) is 6.42 Å². The highest BCUT2D eigenvalue weighted by atomic mass is 15.3. The minimum Gasteiger partial charge on any atom is -0.330 e. The standard InChI is InChI=1S/C14H25N3/c1-9(8-15)7-14-10(2)16-17(12(14)4)11(3)13-5-6-13/h9,11,13H,5-8,15H2,1-4H3. The molecule has 0 bridgehead atoms. The third-order valence-electron chi connectivity index (χ3n) is 4.12. The molecule has 1 saturated carbocycles. The largest absolute Gasteiger partial charge is 0.330 e. The Morgan fingerprint density at radius 2 is 2.00 bits per heavy atom. The van der Waals surface area contributed by atoms with E-state index < -0.39 is 0 Å². The van der Waals surface area contributed by atoms with Crippen molar-refractivity contribution in [1.82, 2.24) is 9.78 Å². The molecule has 1 aromatic rings. The van der Waals surface area contributed by atoms with Crippen LogP contribution >= 0.6 is 0 Å². The number of hydrogen-bond donors (Lipinski definition) is 1. The Balaban J connectivity index is 2.21. The fourth-order valence-electron chi connectivity index (χ4n) is 2.60. The highest BCUT2D eigenvalue weighted by Crippen LogP contribution is 2.40. The Bertz CT molecular complexity index is 390. The molecular formula is C14H25N3. The lowest BCUT2D eigenvalue weighted by molar-refractivity contribution is 0.428. The van der Waals surface area contributed by atoms with Crippen LogP contribution in [0, 0.1) is 25.7 Å². The van der Waals surface area contributed by atoms with Crippen LogP contribution in [0.3, 0.4) is 0 Å². The van der Waals surface area contributed by atoms with Gasteiger partial charge in [0.25, 0.3) is 0 Å². The minimum atomic E-state index is 0.543. The summed E-state index contributed by atoms with van der Waals surface area (Å²) in [7, 11) is 0. The van der Waals surface area contributed by atoms with Crippen molar-refractivity contribution < 1.29 is 0 Å². The molecule has 2 unspecified atom stereocenters. The molecule has 1 aliphatic rings. The topological polar surface area (TPSA) is 43.8 Å². The molecule has 2 rings (SSSR count). The van der Waals surface area contributed by atoms with Crippen molar-refractivity contribution in [3.05, 3.63) is 17.0 Å². The fourth-order valence-corrected chi connectivity index (χ4v) is 2.60. The Morgan fingerprint density at radius 1 is 1.35 bits per heavy atom. The summed E-state index contributed by atoms with van der Waals surface area (Å²) >= 11 is 0. The molecule has 0 radical (unpaired) electrons. The highest BCUT2D eigenvalue weighted by molar-refractivity contribution is 5.25. The second kappa shape index (κ2) is 4.81. The van der Waals surface area contributed by atoms with Crippen LogP contribution < -0.4 is 5.73 Å². The van der Waals surface area contributed by atoms with Crippen molar-refractivity contribution in [2.45, 2.75) is 53.0 Å². The summed E-state index contributed by atoms with van der Waals surface area (Å²) in [4.78, 5) is 0. The molecule has 2 N–H and O–H groups in total. The van der Waals surface area contributed by atoms with Gasteiger partial charge in [-0.25, -0.2) is 0 Å². The van der Waals surface area contributed by atoms with Crippen LogP contribution in [-0.4, -0.2) is 16.3 Å². The van der Waals surface area contributed by atoms with Gasteiger partial charge < -0.3 is 5.73 Å². The van der Waals surface area contributed by atoms with E-state index in [-0.39, 0.29) is 0 Å². The van der Waals surface area contributed by atoms with Crippen molar-refractivity contribution in [3.8, 4) is 0 Å². The Labute approximate surface area is 104 Å². The molecule has 1 aromatic heterocycles. The Morgan fingerprint density at radius 3 is 2.53 bits per heavy atom. The van der Waals surface area contributed by atoms with Crippen LogP contribution in [0.4, 0.5) is 0 Å². The minimum absolute atomic E-state index is 0.543. The summed E-state index contributed by atoms with van der Waals surface area (Å²) in [5.74, 6) is 1.40. The van der Waals surface area contributed by atoms with Gasteiger partial charge in [-0.3, -0.25) is 4.68 Å². The molecule has 0 aromatic carbocycles. The Hall–Kier alpha value is -0.830. The van der Waals surface area contributed by atoms with Crippen LogP contribution in [0.5, 0.6) is 0 Å². The van der Waals surface area contributed by atoms with Gasteiger partial charge in [0, 0.05) is 5.69 Å². The van der Waals surface area contributed by atoms with Crippen molar-refractivity contribution >= 4 is 0 Å². The average molecular weight is 235 g/mol. The Kier molecular flexibility index (Phi) is 3.57. The molecule has 0 aliphatic heterocycles. The highest BCUT2D eigenvalue weighted by Gasteiger charge is 2.31. The van der Waals surface area contributed by atoms with Crippen LogP contribution in [0.1, 0.15) is 49.7 Å². The molecule has 17 heavy (non-hydrogen) atoms. The van der Waals surface area contributed by atoms with Crippen molar-refractivity contribution in [1.29, 1.82) is 0 Å². The van der Waals surface area contributed by atoms with E-state index in [0.717, 1.165) is 18.9 Å². The second-order valence-corrected chi connectivity index (χ2v) is 5.72. The van der Waals surface area contributed by atoms with E-state index in [1.165, 1.54) is 29.8 Å². The quantitative estimate of drug-likeness (QED) is 0.852. The van der Waals surface area contributed by atoms with Gasteiger partial charge in [-0.05, 0) is 64.0 Å². The first-order chi connectivity index (χ1) is 8.04. The first kappa shape index (κ1) is 12.6. The summed E-state index contributed by atoms with van der Waals surface area (Å²) in [6.07, 6.45) is 3.80. The lowest BCUT2D eigenvalue weighted by atomic mass is 10.00. The van der Waals surface area contributed by atoms with E-state index >= 15 is 0 Å². The molecule has 1 fully saturated rings. The summed E-state index contributed by atoms with van der Waals surface area (Å²) in [6, 6.07) is 0.565. The maximum absolute atomic E-state index is 5.72. The van der Waals surface area contributed by atoms with Crippen LogP contribution in [0.25, 0.3) is 0 Å². The van der Waals surface area contributed by atoms with Crippen LogP contribution in [0.15, 0.2) is 0 Å². The lowest BCUT2D eigenvalue weighted by Gasteiger charge is -2.14. The molecule has 96 valence electrons. The van der Waals surface area contributed by atoms with Crippen molar-refractivity contribution in [2.75, 3.05) is 6.54 Å². The van der Waals surface area contributed by atoms with E-state index in [0.29, 0.717) is 12.0 Å². The predicted molar refractivity (Wildman–Crippen MR) is 71.1 cm³/mol. The molecular weight excluding hydrogens is 210 g/mol. The predicted octanol–water partition coefficient (Wildman–Crippen LogP) is 2.61. The second-order valence-electron chi connectivity index (χ2n) is 5.72.